The number of aliphatic imine (C=N–C) groups is 1. The van der Waals surface area contributed by atoms with E-state index in [4.69, 9.17) is 4.42 Å². The van der Waals surface area contributed by atoms with Crippen molar-refractivity contribution >= 4 is 22.6 Å². The highest BCUT2D eigenvalue weighted by atomic mass is 16.3. The molecule has 19 heavy (non-hydrogen) atoms. The van der Waals surface area contributed by atoms with E-state index < -0.39 is 0 Å². The molecule has 4 heteroatoms. The quantitative estimate of drug-likeness (QED) is 0.793. The maximum Gasteiger partial charge on any atom is 0.205 e. The molecule has 0 aliphatic carbocycles. The van der Waals surface area contributed by atoms with Gasteiger partial charge in [-0.2, -0.15) is 0 Å². The summed E-state index contributed by atoms with van der Waals surface area (Å²) >= 11 is 0. The molecule has 98 valence electrons. The van der Waals surface area contributed by atoms with Crippen molar-refractivity contribution < 1.29 is 9.21 Å². The van der Waals surface area contributed by atoms with Crippen molar-refractivity contribution in [1.29, 1.82) is 0 Å². The number of ketones is 1. The maximum absolute atomic E-state index is 12.2. The Bertz CT molecular complexity index is 609. The predicted octanol–water partition coefficient (Wildman–Crippen LogP) is 2.74. The Morgan fingerprint density at radius 1 is 1.42 bits per heavy atom. The molecule has 0 spiro atoms. The van der Waals surface area contributed by atoms with Crippen molar-refractivity contribution in [1.82, 2.24) is 4.90 Å². The van der Waals surface area contributed by atoms with Crippen LogP contribution in [0.3, 0.4) is 0 Å². The molecule has 0 saturated heterocycles. The topological polar surface area (TPSA) is 45.8 Å². The first-order valence-corrected chi connectivity index (χ1v) is 6.50. The molecule has 0 atom stereocenters. The van der Waals surface area contributed by atoms with Crippen LogP contribution >= 0.6 is 0 Å². The van der Waals surface area contributed by atoms with Gasteiger partial charge in [0.1, 0.15) is 11.4 Å². The highest BCUT2D eigenvalue weighted by Gasteiger charge is 2.18. The van der Waals surface area contributed by atoms with E-state index in [9.17, 15) is 4.79 Å². The number of amidine groups is 1. The van der Waals surface area contributed by atoms with Crippen molar-refractivity contribution in [3.8, 4) is 0 Å². The van der Waals surface area contributed by atoms with E-state index in [2.05, 4.69) is 4.99 Å². The summed E-state index contributed by atoms with van der Waals surface area (Å²) in [6, 6.07) is 9.46. The monoisotopic (exact) mass is 256 g/mol. The summed E-state index contributed by atoms with van der Waals surface area (Å²) < 4.78 is 5.58. The molecule has 1 aromatic heterocycles. The maximum atomic E-state index is 12.2. The standard InChI is InChI=1S/C15H16N2O2/c1-17-8-4-7-16-15(17)10-12(18)14-9-11-5-2-3-6-13(11)19-14/h2-3,5-6,9H,4,7-8,10H2,1H3. The Kier molecular flexibility index (Phi) is 3.07. The van der Waals surface area contributed by atoms with E-state index in [0.29, 0.717) is 12.2 Å². The summed E-state index contributed by atoms with van der Waals surface area (Å²) in [6.07, 6.45) is 1.37. The van der Waals surface area contributed by atoms with E-state index in [1.54, 1.807) is 6.07 Å². The van der Waals surface area contributed by atoms with E-state index in [1.165, 1.54) is 0 Å². The van der Waals surface area contributed by atoms with Crippen molar-refractivity contribution in [2.75, 3.05) is 20.1 Å². The van der Waals surface area contributed by atoms with Gasteiger partial charge in [0.2, 0.25) is 5.78 Å². The molecule has 2 aromatic rings. The van der Waals surface area contributed by atoms with Crippen molar-refractivity contribution in [2.24, 2.45) is 4.99 Å². The fraction of sp³-hybridized carbons (Fsp3) is 0.333. The Balaban J connectivity index is 1.82. The minimum atomic E-state index is -0.0105. The third kappa shape index (κ3) is 2.38. The summed E-state index contributed by atoms with van der Waals surface area (Å²) in [5.41, 5.74) is 0.754. The zero-order chi connectivity index (χ0) is 13.2. The molecule has 1 aromatic carbocycles. The van der Waals surface area contributed by atoms with Crippen LogP contribution in [0.1, 0.15) is 23.4 Å². The van der Waals surface area contributed by atoms with Crippen molar-refractivity contribution in [3.63, 3.8) is 0 Å². The van der Waals surface area contributed by atoms with Crippen LogP contribution in [0.25, 0.3) is 11.0 Å². The number of para-hydroxylation sites is 1. The summed E-state index contributed by atoms with van der Waals surface area (Å²) in [5, 5.41) is 0.963. The van der Waals surface area contributed by atoms with Gasteiger partial charge in [-0.05, 0) is 18.6 Å². The van der Waals surface area contributed by atoms with Gasteiger partial charge in [-0.1, -0.05) is 18.2 Å². The predicted molar refractivity (Wildman–Crippen MR) is 74.7 cm³/mol. The number of rotatable bonds is 3. The van der Waals surface area contributed by atoms with E-state index in [1.807, 2.05) is 36.2 Å². The first-order chi connectivity index (χ1) is 9.24. The van der Waals surface area contributed by atoms with Crippen LogP contribution in [0.5, 0.6) is 0 Å². The molecule has 0 saturated carbocycles. The van der Waals surface area contributed by atoms with Crippen LogP contribution in [-0.2, 0) is 0 Å². The second kappa shape index (κ2) is 4.88. The lowest BCUT2D eigenvalue weighted by Crippen LogP contribution is -2.33. The molecule has 0 bridgehead atoms. The fourth-order valence-corrected chi connectivity index (χ4v) is 2.31. The highest BCUT2D eigenvalue weighted by Crippen LogP contribution is 2.20. The third-order valence-corrected chi connectivity index (χ3v) is 3.41. The van der Waals surface area contributed by atoms with Gasteiger partial charge in [0.05, 0.1) is 6.42 Å². The van der Waals surface area contributed by atoms with Crippen LogP contribution in [-0.4, -0.2) is 36.7 Å². The number of fused-ring (bicyclic) bond motifs is 1. The number of carbonyl (C=O) groups excluding carboxylic acids is 1. The number of Topliss-reactive ketones (excluding diaryl/α,β-unsaturated/α-hetero) is 1. The van der Waals surface area contributed by atoms with Gasteiger partial charge in [0.25, 0.3) is 0 Å². The van der Waals surface area contributed by atoms with Gasteiger partial charge in [-0.3, -0.25) is 9.79 Å². The minimum Gasteiger partial charge on any atom is -0.453 e. The molecule has 0 amide bonds. The van der Waals surface area contributed by atoms with E-state index in [0.717, 1.165) is 36.3 Å². The number of hydrogen-bond donors (Lipinski definition) is 0. The fourth-order valence-electron chi connectivity index (χ4n) is 2.31. The number of carbonyl (C=O) groups is 1. The van der Waals surface area contributed by atoms with E-state index >= 15 is 0 Å². The van der Waals surface area contributed by atoms with Gasteiger partial charge in [0.15, 0.2) is 5.76 Å². The average molecular weight is 256 g/mol. The van der Waals surface area contributed by atoms with Gasteiger partial charge >= 0.3 is 0 Å². The largest absolute Gasteiger partial charge is 0.453 e. The van der Waals surface area contributed by atoms with Crippen LogP contribution < -0.4 is 0 Å². The molecule has 0 unspecified atom stereocenters. The highest BCUT2D eigenvalue weighted by molar-refractivity contribution is 6.09. The van der Waals surface area contributed by atoms with Crippen LogP contribution in [0.4, 0.5) is 0 Å². The van der Waals surface area contributed by atoms with Crippen molar-refractivity contribution in [3.05, 3.63) is 36.1 Å². The minimum absolute atomic E-state index is 0.0105. The normalized spacial score (nSPS) is 15.6. The smallest absolute Gasteiger partial charge is 0.205 e. The third-order valence-electron chi connectivity index (χ3n) is 3.41. The van der Waals surface area contributed by atoms with Crippen LogP contribution in [0.2, 0.25) is 0 Å². The van der Waals surface area contributed by atoms with Gasteiger partial charge in [-0.15, -0.1) is 0 Å². The Hall–Kier alpha value is -2.10. The lowest BCUT2D eigenvalue weighted by Gasteiger charge is -2.24. The van der Waals surface area contributed by atoms with Gasteiger partial charge < -0.3 is 9.32 Å². The Labute approximate surface area is 111 Å². The lowest BCUT2D eigenvalue weighted by molar-refractivity contribution is 0.0973. The number of nitrogens with zero attached hydrogens (tertiary/aromatic N) is 2. The molecule has 4 nitrogen and oxygen atoms in total. The molecule has 0 N–H and O–H groups in total. The van der Waals surface area contributed by atoms with Gasteiger partial charge in [-0.25, -0.2) is 0 Å². The summed E-state index contributed by atoms with van der Waals surface area (Å²) in [4.78, 5) is 18.7. The Morgan fingerprint density at radius 2 is 2.26 bits per heavy atom. The van der Waals surface area contributed by atoms with Crippen LogP contribution in [0, 0.1) is 0 Å². The van der Waals surface area contributed by atoms with E-state index in [-0.39, 0.29) is 5.78 Å². The molecule has 1 aliphatic heterocycles. The molecule has 2 heterocycles. The zero-order valence-electron chi connectivity index (χ0n) is 10.9. The number of benzene rings is 1. The first-order valence-electron chi connectivity index (χ1n) is 6.50. The van der Waals surface area contributed by atoms with Crippen molar-refractivity contribution in [2.45, 2.75) is 12.8 Å². The lowest BCUT2D eigenvalue weighted by atomic mass is 10.1. The molecular formula is C15H16N2O2. The molecule has 3 rings (SSSR count). The second-order valence-corrected chi connectivity index (χ2v) is 4.82. The zero-order valence-corrected chi connectivity index (χ0v) is 10.9. The first kappa shape index (κ1) is 12.0. The molecule has 0 radical (unpaired) electrons. The SMILES string of the molecule is CN1CCCN=C1CC(=O)c1cc2ccccc2o1. The Morgan fingerprint density at radius 3 is 3.05 bits per heavy atom. The second-order valence-electron chi connectivity index (χ2n) is 4.82. The summed E-state index contributed by atoms with van der Waals surface area (Å²) in [6.45, 7) is 1.78. The van der Waals surface area contributed by atoms with Crippen LogP contribution in [0.15, 0.2) is 39.7 Å². The molecule has 0 fully saturated rings. The van der Waals surface area contributed by atoms with Gasteiger partial charge in [0, 0.05) is 25.5 Å². The summed E-state index contributed by atoms with van der Waals surface area (Å²) in [5.74, 6) is 1.27. The molecule has 1 aliphatic rings. The number of furan rings is 1. The molecular weight excluding hydrogens is 240 g/mol. The number of hydrogen-bond acceptors (Lipinski definition) is 4. The summed E-state index contributed by atoms with van der Waals surface area (Å²) in [7, 11) is 1.98. The average Bonchev–Trinajstić information content (AvgIpc) is 2.85.